The number of rotatable bonds is 3. The van der Waals surface area contributed by atoms with Crippen LogP contribution in [-0.4, -0.2) is 39.8 Å². The fourth-order valence-corrected chi connectivity index (χ4v) is 3.83. The molecular formula is C19H18N4O2S. The minimum atomic E-state index is -0.0890. The van der Waals surface area contributed by atoms with Crippen molar-refractivity contribution in [3.8, 4) is 0 Å². The highest BCUT2D eigenvalue weighted by Gasteiger charge is 2.28. The van der Waals surface area contributed by atoms with Crippen LogP contribution in [0.15, 0.2) is 48.1 Å². The summed E-state index contributed by atoms with van der Waals surface area (Å²) in [4.78, 5) is 35.1. The second-order valence-corrected chi connectivity index (χ2v) is 7.19. The van der Waals surface area contributed by atoms with E-state index in [1.165, 1.54) is 0 Å². The molecule has 2 amide bonds. The maximum Gasteiger partial charge on any atom is 0.272 e. The molecule has 1 aliphatic heterocycles. The highest BCUT2D eigenvalue weighted by molar-refractivity contribution is 7.16. The van der Waals surface area contributed by atoms with Gasteiger partial charge in [0.25, 0.3) is 5.91 Å². The third-order valence-corrected chi connectivity index (χ3v) is 5.44. The van der Waals surface area contributed by atoms with Crippen LogP contribution in [0.3, 0.4) is 0 Å². The smallest absolute Gasteiger partial charge is 0.272 e. The highest BCUT2D eigenvalue weighted by atomic mass is 32.1. The molecule has 1 fully saturated rings. The second kappa shape index (κ2) is 7.21. The van der Waals surface area contributed by atoms with Crippen LogP contribution in [0.4, 0.5) is 5.69 Å². The van der Waals surface area contributed by atoms with Gasteiger partial charge < -0.3 is 10.2 Å². The summed E-state index contributed by atoms with van der Waals surface area (Å²) in [5.41, 5.74) is 3.90. The Morgan fingerprint density at radius 2 is 1.96 bits per heavy atom. The van der Waals surface area contributed by atoms with Gasteiger partial charge in [-0.1, -0.05) is 6.07 Å². The molecule has 0 bridgehead atoms. The first-order valence-electron chi connectivity index (χ1n) is 8.55. The quantitative estimate of drug-likeness (QED) is 0.772. The van der Waals surface area contributed by atoms with Gasteiger partial charge in [-0.2, -0.15) is 0 Å². The first-order chi connectivity index (χ1) is 12.7. The Morgan fingerprint density at radius 3 is 2.73 bits per heavy atom. The topological polar surface area (TPSA) is 75.2 Å². The molecule has 7 heteroatoms. The van der Waals surface area contributed by atoms with Gasteiger partial charge in [0.15, 0.2) is 0 Å². The maximum absolute atomic E-state index is 12.5. The van der Waals surface area contributed by atoms with Crippen LogP contribution in [-0.2, 0) is 4.79 Å². The predicted octanol–water partition coefficient (Wildman–Crippen LogP) is 3.18. The van der Waals surface area contributed by atoms with E-state index < -0.39 is 0 Å². The lowest BCUT2D eigenvalue weighted by Gasteiger charge is -2.31. The molecule has 0 unspecified atom stereocenters. The average molecular weight is 366 g/mol. The minimum absolute atomic E-state index is 0.00418. The lowest BCUT2D eigenvalue weighted by Crippen LogP contribution is -2.41. The second-order valence-electron chi connectivity index (χ2n) is 6.31. The number of carbonyl (C=O) groups excluding carboxylic acids is 2. The molecule has 26 heavy (non-hydrogen) atoms. The Morgan fingerprint density at radius 1 is 1.12 bits per heavy atom. The molecule has 3 heterocycles. The summed E-state index contributed by atoms with van der Waals surface area (Å²) in [5.74, 6) is -0.156. The molecule has 6 nitrogen and oxygen atoms in total. The van der Waals surface area contributed by atoms with E-state index in [9.17, 15) is 9.59 Å². The summed E-state index contributed by atoms with van der Waals surface area (Å²) >= 11 is 1.58. The zero-order chi connectivity index (χ0) is 17.9. The zero-order valence-corrected chi connectivity index (χ0v) is 14.9. The van der Waals surface area contributed by atoms with Crippen LogP contribution in [0, 0.1) is 5.92 Å². The van der Waals surface area contributed by atoms with E-state index in [1.54, 1.807) is 46.1 Å². The van der Waals surface area contributed by atoms with Gasteiger partial charge in [0.05, 0.1) is 15.7 Å². The molecular weight excluding hydrogens is 348 g/mol. The molecule has 1 saturated heterocycles. The Balaban J connectivity index is 1.35. The number of carbonyl (C=O) groups is 2. The fraction of sp³-hybridized carbons (Fsp3) is 0.263. The molecule has 4 rings (SSSR count). The molecule has 1 aromatic carbocycles. The zero-order valence-electron chi connectivity index (χ0n) is 14.1. The van der Waals surface area contributed by atoms with E-state index in [2.05, 4.69) is 15.3 Å². The monoisotopic (exact) mass is 366 g/mol. The third-order valence-electron chi connectivity index (χ3n) is 4.63. The number of hydrogen-bond acceptors (Lipinski definition) is 5. The number of benzene rings is 1. The van der Waals surface area contributed by atoms with Crippen molar-refractivity contribution in [3.63, 3.8) is 0 Å². The van der Waals surface area contributed by atoms with E-state index in [4.69, 9.17) is 0 Å². The Hall–Kier alpha value is -2.80. The lowest BCUT2D eigenvalue weighted by molar-refractivity contribution is -0.121. The number of nitrogens with zero attached hydrogens (tertiary/aromatic N) is 3. The number of pyridine rings is 1. The van der Waals surface area contributed by atoms with Gasteiger partial charge in [-0.15, -0.1) is 11.3 Å². The van der Waals surface area contributed by atoms with Crippen molar-refractivity contribution in [3.05, 3.63) is 53.8 Å². The van der Waals surface area contributed by atoms with Crippen molar-refractivity contribution < 1.29 is 9.59 Å². The normalized spacial score (nSPS) is 15.2. The Bertz CT molecular complexity index is 933. The van der Waals surface area contributed by atoms with E-state index in [-0.39, 0.29) is 17.7 Å². The predicted molar refractivity (Wildman–Crippen MR) is 101 cm³/mol. The number of nitrogens with one attached hydrogen (secondary N) is 1. The summed E-state index contributed by atoms with van der Waals surface area (Å²) in [6.45, 7) is 1.14. The number of thiazole rings is 1. The molecule has 0 aliphatic carbocycles. The number of aromatic nitrogens is 2. The van der Waals surface area contributed by atoms with Crippen molar-refractivity contribution in [1.29, 1.82) is 0 Å². The Kier molecular flexibility index (Phi) is 4.62. The van der Waals surface area contributed by atoms with E-state index in [0.29, 0.717) is 31.6 Å². The number of likely N-dealkylation sites (tertiary alicyclic amines) is 1. The third kappa shape index (κ3) is 3.43. The fourth-order valence-electron chi connectivity index (χ4n) is 3.18. The van der Waals surface area contributed by atoms with Crippen LogP contribution in [0.5, 0.6) is 0 Å². The van der Waals surface area contributed by atoms with E-state index in [1.807, 2.05) is 18.2 Å². The van der Waals surface area contributed by atoms with Gasteiger partial charge in [0.1, 0.15) is 5.69 Å². The lowest BCUT2D eigenvalue weighted by atomic mass is 9.95. The molecule has 3 aromatic rings. The van der Waals surface area contributed by atoms with E-state index in [0.717, 1.165) is 15.9 Å². The molecule has 1 N–H and O–H groups in total. The summed E-state index contributed by atoms with van der Waals surface area (Å²) in [6.07, 6.45) is 2.93. The van der Waals surface area contributed by atoms with Crippen LogP contribution in [0.1, 0.15) is 23.3 Å². The molecule has 132 valence electrons. The van der Waals surface area contributed by atoms with Crippen molar-refractivity contribution in [2.24, 2.45) is 5.92 Å². The summed E-state index contributed by atoms with van der Waals surface area (Å²) in [7, 11) is 0. The molecule has 1 aliphatic rings. The first-order valence-corrected chi connectivity index (χ1v) is 9.43. The molecule has 0 atom stereocenters. The summed E-state index contributed by atoms with van der Waals surface area (Å²) in [6, 6.07) is 11.1. The van der Waals surface area contributed by atoms with Gasteiger partial charge in [-0.05, 0) is 43.2 Å². The average Bonchev–Trinajstić information content (AvgIpc) is 3.16. The van der Waals surface area contributed by atoms with Crippen molar-refractivity contribution >= 4 is 39.1 Å². The molecule has 0 saturated carbocycles. The largest absolute Gasteiger partial charge is 0.337 e. The number of anilines is 1. The van der Waals surface area contributed by atoms with Gasteiger partial charge >= 0.3 is 0 Å². The van der Waals surface area contributed by atoms with Crippen LogP contribution < -0.4 is 5.32 Å². The molecule has 0 spiro atoms. The van der Waals surface area contributed by atoms with Crippen LogP contribution in [0.25, 0.3) is 10.2 Å². The highest BCUT2D eigenvalue weighted by Crippen LogP contribution is 2.24. The van der Waals surface area contributed by atoms with Crippen molar-refractivity contribution in [2.45, 2.75) is 12.8 Å². The molecule has 0 radical (unpaired) electrons. The van der Waals surface area contributed by atoms with Crippen molar-refractivity contribution in [2.75, 3.05) is 18.4 Å². The summed E-state index contributed by atoms with van der Waals surface area (Å²) < 4.78 is 1.10. The minimum Gasteiger partial charge on any atom is -0.337 e. The number of piperidine rings is 1. The van der Waals surface area contributed by atoms with Crippen LogP contribution in [0.2, 0.25) is 0 Å². The van der Waals surface area contributed by atoms with Gasteiger partial charge in [0.2, 0.25) is 5.91 Å². The number of hydrogen-bond donors (Lipinski definition) is 1. The first kappa shape index (κ1) is 16.7. The van der Waals surface area contributed by atoms with E-state index >= 15 is 0 Å². The number of amides is 2. The van der Waals surface area contributed by atoms with Gasteiger partial charge in [-0.25, -0.2) is 4.98 Å². The van der Waals surface area contributed by atoms with Crippen molar-refractivity contribution in [1.82, 2.24) is 14.9 Å². The van der Waals surface area contributed by atoms with Gasteiger partial charge in [0, 0.05) is 30.9 Å². The maximum atomic E-state index is 12.5. The number of fused-ring (bicyclic) bond motifs is 1. The molecule has 2 aromatic heterocycles. The standard InChI is InChI=1S/C19H18N4O2S/c24-18(22-14-4-5-17-16(11-14)21-12-26-17)13-6-9-23(10-7-13)19(25)15-3-1-2-8-20-15/h1-5,8,11-13H,6-7,9-10H2,(H,22,24). The van der Waals surface area contributed by atoms with Crippen LogP contribution >= 0.6 is 11.3 Å². The summed E-state index contributed by atoms with van der Waals surface area (Å²) in [5, 5.41) is 2.98. The Labute approximate surface area is 154 Å². The SMILES string of the molecule is O=C(Nc1ccc2scnc2c1)C1CCN(C(=O)c2ccccn2)CC1. The van der Waals surface area contributed by atoms with Gasteiger partial charge in [-0.3, -0.25) is 14.6 Å².